The van der Waals surface area contributed by atoms with E-state index in [0.717, 1.165) is 5.56 Å². The molecule has 0 bridgehead atoms. The zero-order chi connectivity index (χ0) is 32.9. The van der Waals surface area contributed by atoms with Gasteiger partial charge in [0, 0.05) is 30.2 Å². The van der Waals surface area contributed by atoms with E-state index in [1.165, 1.54) is 6.08 Å². The average molecular weight is 626 g/mol. The summed E-state index contributed by atoms with van der Waals surface area (Å²) in [5.74, 6) is -1.88. The minimum Gasteiger partial charge on any atom is -0.493 e. The first kappa shape index (κ1) is 35.7. The number of oxime groups is 1. The Balaban J connectivity index is 1.79. The standard InChI is InChI=1S/C35H47NO9/c1-6-17-43-33(40)19-26(38)18-25(37)13-14-27-23(5)30(39)20-28-29(15-16-32(34(27)28)45-35(41)22(4)7-2)36-44-21-24-11-9-10-12-31(24)42-8-3/h6,9-12,20,22-23,26-27,32,34,38H,1,7-8,13-19,21H2,2-5H3. The summed E-state index contributed by atoms with van der Waals surface area (Å²) in [7, 11) is 0. The van der Waals surface area contributed by atoms with Gasteiger partial charge in [0.1, 0.15) is 30.9 Å². The van der Waals surface area contributed by atoms with Crippen LogP contribution in [0.25, 0.3) is 0 Å². The highest BCUT2D eigenvalue weighted by atomic mass is 16.6. The number of carbonyl (C=O) groups is 4. The summed E-state index contributed by atoms with van der Waals surface area (Å²) in [5.41, 5.74) is 2.13. The second-order valence-electron chi connectivity index (χ2n) is 11.8. The van der Waals surface area contributed by atoms with Crippen molar-refractivity contribution in [3.05, 3.63) is 54.1 Å². The van der Waals surface area contributed by atoms with E-state index in [-0.39, 0.29) is 67.8 Å². The second kappa shape index (κ2) is 17.6. The summed E-state index contributed by atoms with van der Waals surface area (Å²) >= 11 is 0. The Bertz CT molecular complexity index is 1270. The van der Waals surface area contributed by atoms with Crippen LogP contribution < -0.4 is 4.74 Å². The van der Waals surface area contributed by atoms with Crippen LogP contribution in [0.2, 0.25) is 0 Å². The molecule has 2 aliphatic carbocycles. The fourth-order valence-corrected chi connectivity index (χ4v) is 5.85. The first-order chi connectivity index (χ1) is 21.6. The van der Waals surface area contributed by atoms with Gasteiger partial charge in [0.25, 0.3) is 0 Å². The summed E-state index contributed by atoms with van der Waals surface area (Å²) in [4.78, 5) is 56.6. The van der Waals surface area contributed by atoms with Crippen molar-refractivity contribution in [2.24, 2.45) is 28.8 Å². The lowest BCUT2D eigenvalue weighted by atomic mass is 9.63. The third kappa shape index (κ3) is 10.1. The van der Waals surface area contributed by atoms with Crippen molar-refractivity contribution < 1.29 is 43.3 Å². The van der Waals surface area contributed by atoms with E-state index in [2.05, 4.69) is 11.7 Å². The minimum absolute atomic E-state index is 0.0318. The molecule has 246 valence electrons. The van der Waals surface area contributed by atoms with Crippen LogP contribution in [-0.4, -0.2) is 59.7 Å². The molecule has 45 heavy (non-hydrogen) atoms. The zero-order valence-electron chi connectivity index (χ0n) is 26.9. The van der Waals surface area contributed by atoms with E-state index >= 15 is 0 Å². The largest absolute Gasteiger partial charge is 0.493 e. The van der Waals surface area contributed by atoms with Crippen LogP contribution in [-0.2, 0) is 40.1 Å². The van der Waals surface area contributed by atoms with Crippen LogP contribution in [0.1, 0.15) is 78.2 Å². The third-order valence-electron chi connectivity index (χ3n) is 8.54. The summed E-state index contributed by atoms with van der Waals surface area (Å²) in [6, 6.07) is 7.55. The number of Topliss-reactive ketones (excluding diaryl/α,β-unsaturated/α-hetero) is 1. The highest BCUT2D eigenvalue weighted by Gasteiger charge is 2.46. The maximum atomic E-state index is 13.3. The Hall–Kier alpha value is -3.79. The van der Waals surface area contributed by atoms with Gasteiger partial charge in [0.05, 0.1) is 30.8 Å². The fraction of sp³-hybridized carbons (Fsp3) is 0.571. The number of aliphatic hydroxyl groups excluding tert-OH is 1. The molecular weight excluding hydrogens is 578 g/mol. The molecule has 1 aromatic carbocycles. The van der Waals surface area contributed by atoms with Gasteiger partial charge in [-0.2, -0.15) is 0 Å². The van der Waals surface area contributed by atoms with E-state index in [4.69, 9.17) is 19.0 Å². The molecule has 0 radical (unpaired) electrons. The Morgan fingerprint density at radius 3 is 2.64 bits per heavy atom. The van der Waals surface area contributed by atoms with Crippen LogP contribution in [0.4, 0.5) is 0 Å². The first-order valence-electron chi connectivity index (χ1n) is 15.9. The maximum Gasteiger partial charge on any atom is 0.308 e. The highest BCUT2D eigenvalue weighted by molar-refractivity contribution is 6.08. The molecule has 10 heteroatoms. The third-order valence-corrected chi connectivity index (χ3v) is 8.54. The Morgan fingerprint density at radius 2 is 1.93 bits per heavy atom. The molecule has 10 nitrogen and oxygen atoms in total. The van der Waals surface area contributed by atoms with Crippen LogP contribution >= 0.6 is 0 Å². The van der Waals surface area contributed by atoms with Gasteiger partial charge in [0.15, 0.2) is 5.78 Å². The van der Waals surface area contributed by atoms with Gasteiger partial charge in [-0.05, 0) is 56.2 Å². The number of esters is 2. The molecule has 1 N–H and O–H groups in total. The quantitative estimate of drug-likeness (QED) is 0.139. The van der Waals surface area contributed by atoms with Gasteiger partial charge in [-0.15, -0.1) is 0 Å². The normalized spacial score (nSPS) is 23.3. The molecule has 0 heterocycles. The SMILES string of the molecule is C=CCOC(=O)CC(O)CC(=O)CCC1C(C)C(=O)C=C2C(=NOCc3ccccc3OCC)CCC(OC(=O)C(C)CC)C21. The lowest BCUT2D eigenvalue weighted by Gasteiger charge is -2.43. The summed E-state index contributed by atoms with van der Waals surface area (Å²) in [6.07, 6.45) is 2.88. The number of hydrogen-bond acceptors (Lipinski definition) is 10. The van der Waals surface area contributed by atoms with E-state index in [9.17, 15) is 24.3 Å². The molecule has 6 unspecified atom stereocenters. The van der Waals surface area contributed by atoms with E-state index in [0.29, 0.717) is 49.3 Å². The van der Waals surface area contributed by atoms with Gasteiger partial charge < -0.3 is 24.2 Å². The average Bonchev–Trinajstić information content (AvgIpc) is 3.01. The van der Waals surface area contributed by atoms with Gasteiger partial charge in [0.2, 0.25) is 0 Å². The number of ketones is 2. The Labute approximate surface area is 265 Å². The number of allylic oxidation sites excluding steroid dienone is 1. The van der Waals surface area contributed by atoms with Crippen molar-refractivity contribution >= 4 is 29.2 Å². The zero-order valence-corrected chi connectivity index (χ0v) is 26.9. The number of ether oxygens (including phenoxy) is 3. The van der Waals surface area contributed by atoms with Crippen molar-refractivity contribution in [2.45, 2.75) is 91.5 Å². The number of fused-ring (bicyclic) bond motifs is 1. The van der Waals surface area contributed by atoms with E-state index < -0.39 is 24.1 Å². The van der Waals surface area contributed by atoms with Crippen LogP contribution in [0.5, 0.6) is 5.75 Å². The molecule has 2 aliphatic rings. The van der Waals surface area contributed by atoms with Gasteiger partial charge in [-0.3, -0.25) is 19.2 Å². The molecule has 0 saturated heterocycles. The van der Waals surface area contributed by atoms with Crippen LogP contribution in [0.15, 0.2) is 53.7 Å². The number of benzene rings is 1. The lowest BCUT2D eigenvalue weighted by molar-refractivity contribution is -0.158. The van der Waals surface area contributed by atoms with Crippen LogP contribution in [0.3, 0.4) is 0 Å². The summed E-state index contributed by atoms with van der Waals surface area (Å²) in [6.45, 7) is 11.7. The van der Waals surface area contributed by atoms with Gasteiger partial charge in [-0.1, -0.05) is 56.8 Å². The predicted molar refractivity (Wildman–Crippen MR) is 168 cm³/mol. The molecular formula is C35H47NO9. The molecule has 1 fully saturated rings. The summed E-state index contributed by atoms with van der Waals surface area (Å²) < 4.78 is 16.6. The number of rotatable bonds is 17. The number of aliphatic hydroxyl groups is 1. The summed E-state index contributed by atoms with van der Waals surface area (Å²) in [5, 5.41) is 14.7. The Kier molecular flexibility index (Phi) is 14.0. The van der Waals surface area contributed by atoms with E-state index in [1.54, 1.807) is 6.08 Å². The van der Waals surface area contributed by atoms with Crippen molar-refractivity contribution in [1.29, 1.82) is 0 Å². The minimum atomic E-state index is -1.17. The molecule has 0 amide bonds. The smallest absolute Gasteiger partial charge is 0.308 e. The molecule has 0 aromatic heterocycles. The molecule has 3 rings (SSSR count). The molecule has 6 atom stereocenters. The first-order valence-corrected chi connectivity index (χ1v) is 15.9. The van der Waals surface area contributed by atoms with Crippen molar-refractivity contribution in [1.82, 2.24) is 0 Å². The predicted octanol–water partition coefficient (Wildman–Crippen LogP) is 5.31. The number of nitrogens with zero attached hydrogens (tertiary/aromatic N) is 1. The second-order valence-corrected chi connectivity index (χ2v) is 11.8. The fourth-order valence-electron chi connectivity index (χ4n) is 5.85. The molecule has 1 aromatic rings. The molecule has 0 spiro atoms. The topological polar surface area (TPSA) is 138 Å². The highest BCUT2D eigenvalue weighted by Crippen LogP contribution is 2.44. The monoisotopic (exact) mass is 625 g/mol. The number of para-hydroxylation sites is 1. The maximum absolute atomic E-state index is 13.3. The van der Waals surface area contributed by atoms with Crippen molar-refractivity contribution in [3.8, 4) is 5.75 Å². The van der Waals surface area contributed by atoms with Gasteiger partial charge in [-0.25, -0.2) is 0 Å². The molecule has 1 saturated carbocycles. The lowest BCUT2D eigenvalue weighted by Crippen LogP contribution is -2.46. The number of carbonyl (C=O) groups excluding carboxylic acids is 4. The van der Waals surface area contributed by atoms with Gasteiger partial charge >= 0.3 is 11.9 Å². The molecule has 0 aliphatic heterocycles. The van der Waals surface area contributed by atoms with Crippen molar-refractivity contribution in [3.63, 3.8) is 0 Å². The Morgan fingerprint density at radius 1 is 1.18 bits per heavy atom. The van der Waals surface area contributed by atoms with E-state index in [1.807, 2.05) is 52.0 Å². The van der Waals surface area contributed by atoms with Crippen LogP contribution in [0, 0.1) is 23.7 Å². The number of hydrogen-bond donors (Lipinski definition) is 1. The van der Waals surface area contributed by atoms with Crippen molar-refractivity contribution in [2.75, 3.05) is 13.2 Å².